The fraction of sp³-hybridized carbons (Fsp3) is 0.618. The Morgan fingerprint density at radius 3 is 2.26 bits per heavy atom. The fourth-order valence-electron chi connectivity index (χ4n) is 5.11. The molecule has 1 aromatic carbocycles. The van der Waals surface area contributed by atoms with Crippen LogP contribution >= 0.6 is 0 Å². The Hall–Kier alpha value is -3.93. The molecule has 0 bridgehead atoms. The number of hydrogen-bond acceptors (Lipinski definition) is 8. The Kier molecular flexibility index (Phi) is 13.6. The maximum absolute atomic E-state index is 13.7. The molecule has 5 atom stereocenters. The summed E-state index contributed by atoms with van der Waals surface area (Å²) in [7, 11) is 0. The van der Waals surface area contributed by atoms with Gasteiger partial charge in [-0.15, -0.1) is 0 Å². The summed E-state index contributed by atoms with van der Waals surface area (Å²) in [6.45, 7) is 11.6. The molecule has 2 fully saturated rings. The van der Waals surface area contributed by atoms with Crippen LogP contribution in [0.2, 0.25) is 0 Å². The predicted octanol–water partition coefficient (Wildman–Crippen LogP) is 3.29. The molecule has 1 heterocycles. The van der Waals surface area contributed by atoms with E-state index in [2.05, 4.69) is 21.3 Å². The zero-order valence-electron chi connectivity index (χ0n) is 27.8. The third kappa shape index (κ3) is 13.2. The second-order valence-corrected chi connectivity index (χ2v) is 13.4. The van der Waals surface area contributed by atoms with Crippen LogP contribution < -0.4 is 21.3 Å². The molecule has 2 aliphatic rings. The van der Waals surface area contributed by atoms with Crippen molar-refractivity contribution in [1.29, 1.82) is 0 Å². The Labute approximate surface area is 271 Å². The van der Waals surface area contributed by atoms with Crippen LogP contribution in [0.4, 0.5) is 4.79 Å². The molecule has 1 aromatic rings. The average molecular weight is 643 g/mol. The Balaban J connectivity index is 1.74. The smallest absolute Gasteiger partial charge is 0.408 e. The highest BCUT2D eigenvalue weighted by Gasteiger charge is 2.35. The lowest BCUT2D eigenvalue weighted by molar-refractivity contribution is -0.139. The predicted molar refractivity (Wildman–Crippen MR) is 171 cm³/mol. The topological polar surface area (TPSA) is 161 Å². The van der Waals surface area contributed by atoms with Crippen LogP contribution in [-0.2, 0) is 40.0 Å². The largest absolute Gasteiger partial charge is 0.459 e. The number of amides is 4. The molecule has 4 N–H and O–H groups in total. The van der Waals surface area contributed by atoms with Gasteiger partial charge in [0.05, 0.1) is 11.7 Å². The van der Waals surface area contributed by atoms with Crippen LogP contribution in [0.5, 0.6) is 0 Å². The van der Waals surface area contributed by atoms with Crippen molar-refractivity contribution < 1.29 is 38.2 Å². The molecule has 4 amide bonds. The van der Waals surface area contributed by atoms with Crippen LogP contribution in [0.3, 0.4) is 0 Å². The second kappa shape index (κ2) is 17.1. The molecule has 254 valence electrons. The maximum Gasteiger partial charge on any atom is 0.408 e. The van der Waals surface area contributed by atoms with Crippen LogP contribution in [0, 0.1) is 11.8 Å². The van der Waals surface area contributed by atoms with Crippen molar-refractivity contribution in [3.8, 4) is 0 Å². The Morgan fingerprint density at radius 1 is 0.978 bits per heavy atom. The average Bonchev–Trinajstić information content (AvgIpc) is 3.70. The zero-order chi connectivity index (χ0) is 33.9. The van der Waals surface area contributed by atoms with Gasteiger partial charge in [0, 0.05) is 24.6 Å². The minimum absolute atomic E-state index is 0.00994. The summed E-state index contributed by atoms with van der Waals surface area (Å²) >= 11 is 0. The third-order valence-electron chi connectivity index (χ3n) is 7.42. The standard InChI is InChI=1S/C34H50N4O8/c1-21(2)18-27(31(41)36-25(19-24-16-17-35-30(24)40)12-15-28(39)45-26-13-14-26)37-32(42)29(22(3)46-34(4,5)6)38-33(43)44-20-23-10-8-7-9-11-23/h7-12,15,21-22,24-27,29H,13-14,16-20H2,1-6H3,(H,35,40)(H,36,41)(H,37,42)(H,38,43)/b15-12+/t22?,24-,25+,27-,29-/m0/s1. The molecule has 12 nitrogen and oxygen atoms in total. The van der Waals surface area contributed by atoms with Crippen molar-refractivity contribution in [2.75, 3.05) is 6.54 Å². The second-order valence-electron chi connectivity index (χ2n) is 13.4. The van der Waals surface area contributed by atoms with Crippen LogP contribution in [0.1, 0.15) is 79.2 Å². The van der Waals surface area contributed by atoms with E-state index in [9.17, 15) is 24.0 Å². The molecule has 3 rings (SSSR count). The van der Waals surface area contributed by atoms with Gasteiger partial charge in [-0.05, 0) is 71.3 Å². The number of rotatable bonds is 16. The first-order valence-electron chi connectivity index (χ1n) is 16.1. The molecule has 0 radical (unpaired) electrons. The van der Waals surface area contributed by atoms with Gasteiger partial charge in [-0.2, -0.15) is 0 Å². The fourth-order valence-corrected chi connectivity index (χ4v) is 5.11. The van der Waals surface area contributed by atoms with Gasteiger partial charge >= 0.3 is 12.1 Å². The highest BCUT2D eigenvalue weighted by molar-refractivity contribution is 5.92. The monoisotopic (exact) mass is 642 g/mol. The number of nitrogens with one attached hydrogen (secondary N) is 4. The normalized spacial score (nSPS) is 19.1. The van der Waals surface area contributed by atoms with Crippen LogP contribution in [0.25, 0.3) is 0 Å². The third-order valence-corrected chi connectivity index (χ3v) is 7.42. The van der Waals surface area contributed by atoms with Crippen LogP contribution in [0.15, 0.2) is 42.5 Å². The van der Waals surface area contributed by atoms with Crippen molar-refractivity contribution in [2.24, 2.45) is 11.8 Å². The summed E-state index contributed by atoms with van der Waals surface area (Å²) in [6.07, 6.45) is 4.00. The van der Waals surface area contributed by atoms with Crippen molar-refractivity contribution in [1.82, 2.24) is 21.3 Å². The van der Waals surface area contributed by atoms with Gasteiger partial charge < -0.3 is 35.5 Å². The number of ether oxygens (including phenoxy) is 3. The molecule has 1 unspecified atom stereocenters. The number of esters is 1. The van der Waals surface area contributed by atoms with Gasteiger partial charge in [-0.3, -0.25) is 14.4 Å². The molecule has 1 saturated heterocycles. The molecular weight excluding hydrogens is 592 g/mol. The lowest BCUT2D eigenvalue weighted by Gasteiger charge is -2.32. The highest BCUT2D eigenvalue weighted by atomic mass is 16.6. The van der Waals surface area contributed by atoms with Crippen molar-refractivity contribution >= 4 is 29.8 Å². The first kappa shape index (κ1) is 36.5. The summed E-state index contributed by atoms with van der Waals surface area (Å²) in [6, 6.07) is 6.32. The molecule has 0 spiro atoms. The van der Waals surface area contributed by atoms with E-state index in [4.69, 9.17) is 14.2 Å². The molecule has 0 aromatic heterocycles. The van der Waals surface area contributed by atoms with E-state index >= 15 is 0 Å². The summed E-state index contributed by atoms with van der Waals surface area (Å²) in [5, 5.41) is 11.1. The van der Waals surface area contributed by atoms with Crippen LogP contribution in [-0.4, -0.2) is 72.3 Å². The van der Waals surface area contributed by atoms with Gasteiger partial charge in [-0.25, -0.2) is 9.59 Å². The number of hydrogen-bond donors (Lipinski definition) is 4. The lowest BCUT2D eigenvalue weighted by atomic mass is 9.96. The van der Waals surface area contributed by atoms with Crippen molar-refractivity contribution in [3.05, 3.63) is 48.0 Å². The summed E-state index contributed by atoms with van der Waals surface area (Å²) < 4.78 is 16.7. The Bertz CT molecular complexity index is 1230. The van der Waals surface area contributed by atoms with E-state index in [0.717, 1.165) is 18.4 Å². The number of carbonyl (C=O) groups is 5. The van der Waals surface area contributed by atoms with Gasteiger partial charge in [0.25, 0.3) is 0 Å². The molecule has 1 aliphatic carbocycles. The quantitative estimate of drug-likeness (QED) is 0.158. The molecule has 1 saturated carbocycles. The number of benzene rings is 1. The minimum atomic E-state index is -1.18. The SMILES string of the molecule is CC(C)C[C@H](NC(=O)[C@@H](NC(=O)OCc1ccccc1)C(C)OC(C)(C)C)C(=O)N[C@H](/C=C/C(=O)OC1CC1)C[C@@H]1CCNC1=O. The minimum Gasteiger partial charge on any atom is -0.459 e. The van der Waals surface area contributed by atoms with E-state index in [0.29, 0.717) is 19.4 Å². The van der Waals surface area contributed by atoms with E-state index in [-0.39, 0.29) is 36.9 Å². The molecule has 12 heteroatoms. The van der Waals surface area contributed by atoms with E-state index in [1.54, 1.807) is 6.92 Å². The highest BCUT2D eigenvalue weighted by Crippen LogP contribution is 2.24. The Morgan fingerprint density at radius 2 is 1.67 bits per heavy atom. The van der Waals surface area contributed by atoms with E-state index in [1.165, 1.54) is 12.2 Å². The maximum atomic E-state index is 13.7. The molecule has 46 heavy (non-hydrogen) atoms. The van der Waals surface area contributed by atoms with Gasteiger partial charge in [0.2, 0.25) is 17.7 Å². The zero-order valence-corrected chi connectivity index (χ0v) is 27.8. The summed E-state index contributed by atoms with van der Waals surface area (Å²) in [5.74, 6) is -2.04. The van der Waals surface area contributed by atoms with E-state index < -0.39 is 53.7 Å². The van der Waals surface area contributed by atoms with Gasteiger partial charge in [0.15, 0.2) is 0 Å². The number of alkyl carbamates (subject to hydrolysis) is 1. The summed E-state index contributed by atoms with van der Waals surface area (Å²) in [5.41, 5.74) is 0.153. The van der Waals surface area contributed by atoms with E-state index in [1.807, 2.05) is 65.0 Å². The van der Waals surface area contributed by atoms with Crippen molar-refractivity contribution in [3.63, 3.8) is 0 Å². The molecule has 1 aliphatic heterocycles. The first-order chi connectivity index (χ1) is 21.7. The van der Waals surface area contributed by atoms with Gasteiger partial charge in [0.1, 0.15) is 24.8 Å². The summed E-state index contributed by atoms with van der Waals surface area (Å²) in [4.78, 5) is 64.8. The lowest BCUT2D eigenvalue weighted by Crippen LogP contribution is -2.59. The van der Waals surface area contributed by atoms with Crippen molar-refractivity contribution in [2.45, 2.75) is 116 Å². The first-order valence-corrected chi connectivity index (χ1v) is 16.1. The van der Waals surface area contributed by atoms with Gasteiger partial charge in [-0.1, -0.05) is 50.3 Å². The molecular formula is C34H50N4O8. The number of carbonyl (C=O) groups excluding carboxylic acids is 5.